The summed E-state index contributed by atoms with van der Waals surface area (Å²) in [4.78, 5) is 21.1. The van der Waals surface area contributed by atoms with E-state index in [4.69, 9.17) is 9.72 Å². The number of rotatable bonds is 6. The molecule has 0 spiro atoms. The van der Waals surface area contributed by atoms with Crippen molar-refractivity contribution in [1.82, 2.24) is 9.55 Å². The topological polar surface area (TPSA) is 44.1 Å². The minimum Gasteiger partial charge on any atom is -0.493 e. The molecule has 0 saturated heterocycles. The Labute approximate surface area is 196 Å². The molecule has 4 aromatic rings. The van der Waals surface area contributed by atoms with Crippen molar-refractivity contribution in [2.75, 3.05) is 12.4 Å². The largest absolute Gasteiger partial charge is 0.493 e. The maximum absolute atomic E-state index is 13.9. The average molecular weight is 463 g/mol. The van der Waals surface area contributed by atoms with E-state index in [1.807, 2.05) is 34.9 Å². The van der Waals surface area contributed by atoms with Crippen molar-refractivity contribution >= 4 is 33.3 Å². The van der Waals surface area contributed by atoms with Gasteiger partial charge in [-0.1, -0.05) is 42.1 Å². The summed E-state index contributed by atoms with van der Waals surface area (Å²) in [5.74, 6) is 1.57. The van der Waals surface area contributed by atoms with Crippen LogP contribution in [0.1, 0.15) is 34.4 Å². The molecule has 32 heavy (non-hydrogen) atoms. The van der Waals surface area contributed by atoms with Gasteiger partial charge in [-0.3, -0.25) is 9.36 Å². The average Bonchev–Trinajstić information content (AvgIpc) is 3.18. The van der Waals surface area contributed by atoms with Crippen LogP contribution in [0.15, 0.2) is 58.5 Å². The van der Waals surface area contributed by atoms with E-state index in [0.29, 0.717) is 12.4 Å². The van der Waals surface area contributed by atoms with Gasteiger partial charge in [-0.25, -0.2) is 4.98 Å². The molecule has 1 aliphatic rings. The molecule has 0 amide bonds. The zero-order valence-corrected chi connectivity index (χ0v) is 20.0. The van der Waals surface area contributed by atoms with E-state index in [2.05, 4.69) is 32.0 Å². The van der Waals surface area contributed by atoms with Gasteiger partial charge in [0, 0.05) is 10.6 Å². The van der Waals surface area contributed by atoms with Crippen LogP contribution in [0, 0.1) is 13.8 Å². The highest BCUT2D eigenvalue weighted by molar-refractivity contribution is 7.99. The van der Waals surface area contributed by atoms with Crippen LogP contribution in [0.2, 0.25) is 0 Å². The van der Waals surface area contributed by atoms with Crippen LogP contribution < -0.4 is 10.3 Å². The van der Waals surface area contributed by atoms with Crippen molar-refractivity contribution in [3.63, 3.8) is 0 Å². The molecule has 0 bridgehead atoms. The second-order valence-electron chi connectivity index (χ2n) is 8.23. The first-order valence-electron chi connectivity index (χ1n) is 11.1. The highest BCUT2D eigenvalue weighted by Crippen LogP contribution is 2.35. The van der Waals surface area contributed by atoms with E-state index in [1.54, 1.807) is 23.1 Å². The maximum atomic E-state index is 13.9. The van der Waals surface area contributed by atoms with Crippen molar-refractivity contribution in [1.29, 1.82) is 0 Å². The standard InChI is InChI=1S/C26H26N2O2S2/c1-17-12-13-18(2)21(16-17)28-25(29)23-20-10-6-7-11-22(20)32-24(23)27-26(28)31-15-14-30-19-8-4-3-5-9-19/h3-5,8-9,12-13,16H,6-7,10-11,14-15H2,1-2H3. The Morgan fingerprint density at radius 1 is 1.09 bits per heavy atom. The van der Waals surface area contributed by atoms with Crippen molar-refractivity contribution in [3.8, 4) is 11.4 Å². The predicted octanol–water partition coefficient (Wildman–Crippen LogP) is 6.11. The number of nitrogens with zero attached hydrogens (tertiary/aromatic N) is 2. The predicted molar refractivity (Wildman–Crippen MR) is 134 cm³/mol. The lowest BCUT2D eigenvalue weighted by Crippen LogP contribution is -2.23. The van der Waals surface area contributed by atoms with Gasteiger partial charge < -0.3 is 4.74 Å². The Kier molecular flexibility index (Phi) is 6.07. The lowest BCUT2D eigenvalue weighted by Gasteiger charge is -2.16. The third-order valence-electron chi connectivity index (χ3n) is 5.89. The summed E-state index contributed by atoms with van der Waals surface area (Å²) in [6.07, 6.45) is 4.39. The van der Waals surface area contributed by atoms with Crippen molar-refractivity contribution in [3.05, 3.63) is 80.5 Å². The van der Waals surface area contributed by atoms with Crippen molar-refractivity contribution < 1.29 is 4.74 Å². The Balaban J connectivity index is 1.55. The number of thioether (sulfide) groups is 1. The monoisotopic (exact) mass is 462 g/mol. The molecule has 6 heteroatoms. The first kappa shape index (κ1) is 21.3. The number of aryl methyl sites for hydroxylation is 4. The minimum atomic E-state index is 0.0644. The lowest BCUT2D eigenvalue weighted by molar-refractivity contribution is 0.344. The fourth-order valence-corrected chi connectivity index (χ4v) is 6.39. The summed E-state index contributed by atoms with van der Waals surface area (Å²) >= 11 is 3.29. The molecule has 0 unspecified atom stereocenters. The lowest BCUT2D eigenvalue weighted by atomic mass is 9.97. The van der Waals surface area contributed by atoms with Gasteiger partial charge in [0.05, 0.1) is 17.7 Å². The Hall–Kier alpha value is -2.57. The minimum absolute atomic E-state index is 0.0644. The molecule has 0 saturated carbocycles. The summed E-state index contributed by atoms with van der Waals surface area (Å²) in [6.45, 7) is 4.67. The van der Waals surface area contributed by atoms with Gasteiger partial charge in [0.1, 0.15) is 10.6 Å². The molecule has 164 valence electrons. The molecule has 0 atom stereocenters. The van der Waals surface area contributed by atoms with Gasteiger partial charge >= 0.3 is 0 Å². The van der Waals surface area contributed by atoms with Crippen LogP contribution in [0.5, 0.6) is 5.75 Å². The fraction of sp³-hybridized carbons (Fsp3) is 0.308. The number of thiophene rings is 1. The number of aromatic nitrogens is 2. The number of benzene rings is 2. The van der Waals surface area contributed by atoms with Crippen LogP contribution in [0.25, 0.3) is 15.9 Å². The third kappa shape index (κ3) is 4.09. The second-order valence-corrected chi connectivity index (χ2v) is 10.4. The number of ether oxygens (including phenoxy) is 1. The summed E-state index contributed by atoms with van der Waals surface area (Å²) in [7, 11) is 0. The van der Waals surface area contributed by atoms with Gasteiger partial charge in [0.15, 0.2) is 5.16 Å². The molecule has 0 fully saturated rings. The Morgan fingerprint density at radius 2 is 1.91 bits per heavy atom. The van der Waals surface area contributed by atoms with E-state index in [9.17, 15) is 4.79 Å². The summed E-state index contributed by atoms with van der Waals surface area (Å²) in [6, 6.07) is 16.1. The van der Waals surface area contributed by atoms with Gasteiger partial charge in [0.2, 0.25) is 0 Å². The molecule has 0 radical (unpaired) electrons. The first-order valence-corrected chi connectivity index (χ1v) is 12.9. The highest BCUT2D eigenvalue weighted by atomic mass is 32.2. The molecular formula is C26H26N2O2S2. The number of para-hydroxylation sites is 1. The van der Waals surface area contributed by atoms with Crippen LogP contribution in [0.3, 0.4) is 0 Å². The molecule has 2 aromatic carbocycles. The molecule has 1 aliphatic carbocycles. The van der Waals surface area contributed by atoms with Gasteiger partial charge in [-0.15, -0.1) is 11.3 Å². The molecule has 5 rings (SSSR count). The van der Waals surface area contributed by atoms with Gasteiger partial charge in [0.25, 0.3) is 5.56 Å². The molecule has 0 N–H and O–H groups in total. The van der Waals surface area contributed by atoms with Gasteiger partial charge in [-0.2, -0.15) is 0 Å². The number of hydrogen-bond acceptors (Lipinski definition) is 5. The molecule has 2 heterocycles. The first-order chi connectivity index (χ1) is 15.6. The number of hydrogen-bond donors (Lipinski definition) is 0. The normalized spacial score (nSPS) is 13.3. The van der Waals surface area contributed by atoms with Crippen molar-refractivity contribution in [2.24, 2.45) is 0 Å². The molecule has 4 nitrogen and oxygen atoms in total. The SMILES string of the molecule is Cc1ccc(C)c(-n2c(SCCOc3ccccc3)nc3sc4c(c3c2=O)CCCC4)c1. The third-order valence-corrected chi connectivity index (χ3v) is 7.98. The van der Waals surface area contributed by atoms with Crippen molar-refractivity contribution in [2.45, 2.75) is 44.7 Å². The molecule has 0 aliphatic heterocycles. The fourth-order valence-electron chi connectivity index (χ4n) is 4.27. The van der Waals surface area contributed by atoms with Crippen LogP contribution in [-0.4, -0.2) is 21.9 Å². The quantitative estimate of drug-likeness (QED) is 0.197. The second kappa shape index (κ2) is 9.12. The van der Waals surface area contributed by atoms with E-state index >= 15 is 0 Å². The van der Waals surface area contributed by atoms with E-state index < -0.39 is 0 Å². The summed E-state index contributed by atoms with van der Waals surface area (Å²) in [5.41, 5.74) is 4.43. The zero-order chi connectivity index (χ0) is 22.1. The zero-order valence-electron chi connectivity index (χ0n) is 18.4. The van der Waals surface area contributed by atoms with Gasteiger partial charge in [-0.05, 0) is 74.4 Å². The van der Waals surface area contributed by atoms with E-state index in [1.165, 1.54) is 16.9 Å². The van der Waals surface area contributed by atoms with E-state index in [0.717, 1.165) is 57.2 Å². The highest BCUT2D eigenvalue weighted by Gasteiger charge is 2.23. The summed E-state index contributed by atoms with van der Waals surface area (Å²) < 4.78 is 7.70. The Morgan fingerprint density at radius 3 is 2.75 bits per heavy atom. The molecular weight excluding hydrogens is 436 g/mol. The summed E-state index contributed by atoms with van der Waals surface area (Å²) in [5, 5.41) is 1.57. The van der Waals surface area contributed by atoms with Crippen LogP contribution in [-0.2, 0) is 12.8 Å². The molecule has 2 aromatic heterocycles. The number of fused-ring (bicyclic) bond motifs is 3. The van der Waals surface area contributed by atoms with Crippen LogP contribution >= 0.6 is 23.1 Å². The van der Waals surface area contributed by atoms with E-state index in [-0.39, 0.29) is 5.56 Å². The van der Waals surface area contributed by atoms with Crippen LogP contribution in [0.4, 0.5) is 0 Å². The Bertz CT molecular complexity index is 1330. The smallest absolute Gasteiger partial charge is 0.267 e. The maximum Gasteiger partial charge on any atom is 0.267 e.